The second-order valence-electron chi connectivity index (χ2n) is 4.23. The Balaban J connectivity index is 0.000000282. The summed E-state index contributed by atoms with van der Waals surface area (Å²) in [4.78, 5) is 4.22. The van der Waals surface area contributed by atoms with Crippen molar-refractivity contribution >= 4 is 0 Å². The van der Waals surface area contributed by atoms with Crippen molar-refractivity contribution in [3.05, 3.63) is 18.2 Å². The topological polar surface area (TPSA) is 17.8 Å². The molecule has 1 aliphatic heterocycles. The van der Waals surface area contributed by atoms with Crippen LogP contribution in [-0.4, -0.2) is 9.55 Å². The Kier molecular flexibility index (Phi) is 8.06. The van der Waals surface area contributed by atoms with Crippen LogP contribution >= 0.6 is 0 Å². The van der Waals surface area contributed by atoms with Gasteiger partial charge in [0, 0.05) is 25.4 Å². The van der Waals surface area contributed by atoms with Crippen molar-refractivity contribution in [3.63, 3.8) is 0 Å². The third kappa shape index (κ3) is 6.32. The molecule has 0 aromatic carbocycles. The standard InChI is InChI=1S/C7H10N2.C4H10.C2H6/c1-2-5-9-6-4-8-7(9)3-1;1-4(2)3;1-2/h4,6H,1-3,5H2;4H,1-3H3;1-2H3. The maximum Gasteiger partial charge on any atom is 0.108 e. The Morgan fingerprint density at radius 3 is 2.33 bits per heavy atom. The largest absolute Gasteiger partial charge is 0.335 e. The Morgan fingerprint density at radius 2 is 1.80 bits per heavy atom. The van der Waals surface area contributed by atoms with E-state index in [1.165, 1.54) is 31.6 Å². The Hall–Kier alpha value is -0.790. The Bertz CT molecular complexity index is 215. The van der Waals surface area contributed by atoms with Gasteiger partial charge in [0.1, 0.15) is 5.82 Å². The summed E-state index contributed by atoms with van der Waals surface area (Å²) in [6.45, 7) is 11.7. The highest BCUT2D eigenvalue weighted by Gasteiger charge is 2.06. The molecule has 0 N–H and O–H groups in total. The van der Waals surface area contributed by atoms with Gasteiger partial charge in [0.15, 0.2) is 0 Å². The van der Waals surface area contributed by atoms with E-state index >= 15 is 0 Å². The summed E-state index contributed by atoms with van der Waals surface area (Å²) >= 11 is 0. The first-order valence-corrected chi connectivity index (χ1v) is 6.20. The summed E-state index contributed by atoms with van der Waals surface area (Å²) in [5.41, 5.74) is 0. The molecule has 0 unspecified atom stereocenters. The molecule has 1 aromatic heterocycles. The molecule has 2 heterocycles. The molecule has 0 bridgehead atoms. The highest BCUT2D eigenvalue weighted by Crippen LogP contribution is 2.10. The fourth-order valence-electron chi connectivity index (χ4n) is 1.34. The lowest BCUT2D eigenvalue weighted by atomic mass is 10.2. The Labute approximate surface area is 94.7 Å². The van der Waals surface area contributed by atoms with E-state index in [9.17, 15) is 0 Å². The molecule has 15 heavy (non-hydrogen) atoms. The maximum absolute atomic E-state index is 4.22. The van der Waals surface area contributed by atoms with Crippen LogP contribution in [0.25, 0.3) is 0 Å². The highest BCUT2D eigenvalue weighted by molar-refractivity contribution is 4.94. The number of rotatable bonds is 0. The molecule has 2 heteroatoms. The van der Waals surface area contributed by atoms with E-state index in [0.29, 0.717) is 0 Å². The zero-order chi connectivity index (χ0) is 11.7. The minimum Gasteiger partial charge on any atom is -0.335 e. The SMILES string of the molecule is CC.CC(C)C.c1cn2c(n1)CCCC2. The van der Waals surface area contributed by atoms with Crippen LogP contribution < -0.4 is 0 Å². The summed E-state index contributed by atoms with van der Waals surface area (Å²) in [7, 11) is 0. The molecule has 0 fully saturated rings. The molecule has 0 spiro atoms. The van der Waals surface area contributed by atoms with Crippen molar-refractivity contribution in [2.75, 3.05) is 0 Å². The molecule has 88 valence electrons. The zero-order valence-corrected chi connectivity index (χ0v) is 11.0. The van der Waals surface area contributed by atoms with Crippen LogP contribution in [0.3, 0.4) is 0 Å². The van der Waals surface area contributed by atoms with Gasteiger partial charge in [0.25, 0.3) is 0 Å². The molecule has 2 nitrogen and oxygen atoms in total. The van der Waals surface area contributed by atoms with Gasteiger partial charge in [-0.3, -0.25) is 0 Å². The van der Waals surface area contributed by atoms with Gasteiger partial charge in [0.05, 0.1) is 0 Å². The molecule has 0 radical (unpaired) electrons. The third-order valence-electron chi connectivity index (χ3n) is 1.85. The zero-order valence-electron chi connectivity index (χ0n) is 11.0. The van der Waals surface area contributed by atoms with Gasteiger partial charge in [-0.15, -0.1) is 0 Å². The van der Waals surface area contributed by atoms with Crippen molar-refractivity contribution in [2.24, 2.45) is 5.92 Å². The number of imidazole rings is 1. The first-order valence-electron chi connectivity index (χ1n) is 6.20. The lowest BCUT2D eigenvalue weighted by Gasteiger charge is -2.11. The van der Waals surface area contributed by atoms with E-state index in [4.69, 9.17) is 0 Å². The van der Waals surface area contributed by atoms with E-state index < -0.39 is 0 Å². The minimum atomic E-state index is 0.833. The Morgan fingerprint density at radius 1 is 1.20 bits per heavy atom. The smallest absolute Gasteiger partial charge is 0.108 e. The van der Waals surface area contributed by atoms with E-state index in [1.54, 1.807) is 0 Å². The van der Waals surface area contributed by atoms with E-state index in [2.05, 4.69) is 36.5 Å². The van der Waals surface area contributed by atoms with Crippen molar-refractivity contribution in [1.29, 1.82) is 0 Å². The van der Waals surface area contributed by atoms with Gasteiger partial charge in [-0.2, -0.15) is 0 Å². The first kappa shape index (κ1) is 14.2. The van der Waals surface area contributed by atoms with Gasteiger partial charge >= 0.3 is 0 Å². The van der Waals surface area contributed by atoms with Gasteiger partial charge in [-0.05, 0) is 18.8 Å². The van der Waals surface area contributed by atoms with Crippen molar-refractivity contribution in [1.82, 2.24) is 9.55 Å². The molecule has 2 rings (SSSR count). The lowest BCUT2D eigenvalue weighted by molar-refractivity contribution is 0.522. The molecule has 1 aliphatic rings. The number of aromatic nitrogens is 2. The number of hydrogen-bond acceptors (Lipinski definition) is 1. The predicted molar refractivity (Wildman–Crippen MR) is 67.0 cm³/mol. The minimum absolute atomic E-state index is 0.833. The molecule has 0 saturated carbocycles. The second kappa shape index (κ2) is 8.51. The lowest BCUT2D eigenvalue weighted by Crippen LogP contribution is -2.08. The third-order valence-corrected chi connectivity index (χ3v) is 1.85. The summed E-state index contributed by atoms with van der Waals surface area (Å²) < 4.78 is 2.24. The average molecular weight is 210 g/mol. The van der Waals surface area contributed by atoms with Crippen molar-refractivity contribution in [3.8, 4) is 0 Å². The number of hydrogen-bond donors (Lipinski definition) is 0. The molecule has 0 saturated heterocycles. The van der Waals surface area contributed by atoms with Crippen molar-refractivity contribution in [2.45, 2.75) is 60.4 Å². The number of fused-ring (bicyclic) bond motifs is 1. The number of nitrogens with zero attached hydrogens (tertiary/aromatic N) is 2. The van der Waals surface area contributed by atoms with Crippen LogP contribution in [-0.2, 0) is 13.0 Å². The van der Waals surface area contributed by atoms with Crippen molar-refractivity contribution < 1.29 is 0 Å². The van der Waals surface area contributed by atoms with Crippen LogP contribution in [0.4, 0.5) is 0 Å². The van der Waals surface area contributed by atoms with Gasteiger partial charge in [-0.1, -0.05) is 34.6 Å². The van der Waals surface area contributed by atoms with E-state index in [1.807, 2.05) is 20.0 Å². The number of aryl methyl sites for hydroxylation is 2. The quantitative estimate of drug-likeness (QED) is 0.635. The highest BCUT2D eigenvalue weighted by atomic mass is 15.1. The van der Waals surface area contributed by atoms with Gasteiger partial charge < -0.3 is 4.57 Å². The van der Waals surface area contributed by atoms with Crippen LogP contribution in [0.1, 0.15) is 53.3 Å². The molecular weight excluding hydrogens is 184 g/mol. The fraction of sp³-hybridized carbons (Fsp3) is 0.769. The summed E-state index contributed by atoms with van der Waals surface area (Å²) in [6, 6.07) is 0. The average Bonchev–Trinajstić information content (AvgIpc) is 2.67. The van der Waals surface area contributed by atoms with Gasteiger partial charge in [0.2, 0.25) is 0 Å². The summed E-state index contributed by atoms with van der Waals surface area (Å²) in [5, 5.41) is 0. The fourth-order valence-corrected chi connectivity index (χ4v) is 1.34. The normalized spacial score (nSPS) is 13.2. The molecule has 0 aliphatic carbocycles. The van der Waals surface area contributed by atoms with E-state index in [0.717, 1.165) is 5.92 Å². The first-order chi connectivity index (χ1) is 7.20. The van der Waals surface area contributed by atoms with E-state index in [-0.39, 0.29) is 0 Å². The molecule has 0 atom stereocenters. The predicted octanol–water partition coefficient (Wildman–Crippen LogP) is 3.91. The monoisotopic (exact) mass is 210 g/mol. The molecular formula is C13H26N2. The van der Waals surface area contributed by atoms with Crippen LogP contribution in [0.2, 0.25) is 0 Å². The second-order valence-corrected chi connectivity index (χ2v) is 4.23. The van der Waals surface area contributed by atoms with Crippen LogP contribution in [0.5, 0.6) is 0 Å². The van der Waals surface area contributed by atoms with Gasteiger partial charge in [-0.25, -0.2) is 4.98 Å². The van der Waals surface area contributed by atoms with Crippen LogP contribution in [0, 0.1) is 5.92 Å². The maximum atomic E-state index is 4.22. The van der Waals surface area contributed by atoms with Crippen LogP contribution in [0.15, 0.2) is 12.4 Å². The summed E-state index contributed by atoms with van der Waals surface area (Å²) in [6.07, 6.45) is 7.77. The molecule has 0 amide bonds. The summed E-state index contributed by atoms with van der Waals surface area (Å²) in [5.74, 6) is 2.10. The molecule has 1 aromatic rings.